The fourth-order valence-electron chi connectivity index (χ4n) is 4.85. The second-order valence-electron chi connectivity index (χ2n) is 8.55. The topological polar surface area (TPSA) is 74.5 Å². The fourth-order valence-corrected chi connectivity index (χ4v) is 4.85. The summed E-state index contributed by atoms with van der Waals surface area (Å²) in [5.74, 6) is 2.49. The van der Waals surface area contributed by atoms with Gasteiger partial charge >= 0.3 is 6.03 Å². The summed E-state index contributed by atoms with van der Waals surface area (Å²) in [6.07, 6.45) is 11.2. The number of amides is 2. The Bertz CT molecular complexity index is 628. The Morgan fingerprint density at radius 1 is 1.19 bits per heavy atom. The zero-order valence-electron chi connectivity index (χ0n) is 16.5. The first kappa shape index (κ1) is 18.7. The van der Waals surface area contributed by atoms with Gasteiger partial charge in [0.1, 0.15) is 0 Å². The van der Waals surface area contributed by atoms with Gasteiger partial charge in [0.15, 0.2) is 5.82 Å². The average Bonchev–Trinajstić information content (AvgIpc) is 3.08. The molecule has 0 bridgehead atoms. The lowest BCUT2D eigenvalue weighted by Crippen LogP contribution is -2.48. The van der Waals surface area contributed by atoms with Crippen LogP contribution >= 0.6 is 0 Å². The highest BCUT2D eigenvalue weighted by molar-refractivity contribution is 5.73. The fraction of sp³-hybridized carbons (Fsp3) is 0.850. The van der Waals surface area contributed by atoms with Gasteiger partial charge in [-0.2, -0.15) is 4.98 Å². The summed E-state index contributed by atoms with van der Waals surface area (Å²) in [6.45, 7) is 3.67. The number of carbonyl (C=O) groups is 1. The van der Waals surface area contributed by atoms with Crippen LogP contribution < -0.4 is 5.32 Å². The van der Waals surface area contributed by atoms with E-state index in [9.17, 15) is 4.79 Å². The van der Waals surface area contributed by atoms with E-state index in [4.69, 9.17) is 4.52 Å². The van der Waals surface area contributed by atoms with Gasteiger partial charge in [-0.1, -0.05) is 18.0 Å². The van der Waals surface area contributed by atoms with Crippen molar-refractivity contribution in [1.29, 1.82) is 0 Å². The van der Waals surface area contributed by atoms with Crippen LogP contribution in [-0.2, 0) is 6.54 Å². The first-order chi connectivity index (χ1) is 13.2. The Morgan fingerprint density at radius 3 is 2.85 bits per heavy atom. The molecule has 1 saturated carbocycles. The minimum atomic E-state index is -0.0543. The number of hydrogen-bond donors (Lipinski definition) is 1. The van der Waals surface area contributed by atoms with E-state index >= 15 is 0 Å². The SMILES string of the molecule is CN(Cc1noc(C2CCC2)n1)C(=O)NCC[C@@H]1CCCN2CCCC[C@H]12. The van der Waals surface area contributed by atoms with Crippen LogP contribution in [0.5, 0.6) is 0 Å². The van der Waals surface area contributed by atoms with Gasteiger partial charge in [0.2, 0.25) is 5.89 Å². The van der Waals surface area contributed by atoms with E-state index in [0.717, 1.165) is 43.7 Å². The van der Waals surface area contributed by atoms with E-state index in [-0.39, 0.29) is 6.03 Å². The quantitative estimate of drug-likeness (QED) is 0.827. The molecule has 3 aliphatic rings. The molecule has 0 aromatic carbocycles. The van der Waals surface area contributed by atoms with Gasteiger partial charge in [-0.25, -0.2) is 4.79 Å². The third-order valence-electron chi connectivity index (χ3n) is 6.68. The Kier molecular flexibility index (Phi) is 5.95. The van der Waals surface area contributed by atoms with Crippen LogP contribution in [0.1, 0.15) is 75.4 Å². The van der Waals surface area contributed by atoms with Crippen LogP contribution in [0.4, 0.5) is 4.79 Å². The van der Waals surface area contributed by atoms with Crippen molar-refractivity contribution in [2.45, 2.75) is 76.3 Å². The zero-order chi connectivity index (χ0) is 18.6. The predicted octanol–water partition coefficient (Wildman–Crippen LogP) is 3.13. The molecule has 2 amide bonds. The maximum absolute atomic E-state index is 12.4. The van der Waals surface area contributed by atoms with E-state index in [2.05, 4.69) is 20.4 Å². The predicted molar refractivity (Wildman–Crippen MR) is 102 cm³/mol. The monoisotopic (exact) mass is 375 g/mol. The Hall–Kier alpha value is -1.63. The first-order valence-corrected chi connectivity index (χ1v) is 10.8. The zero-order valence-corrected chi connectivity index (χ0v) is 16.5. The molecule has 1 aromatic heterocycles. The van der Waals surface area contributed by atoms with Crippen molar-refractivity contribution in [2.75, 3.05) is 26.7 Å². The van der Waals surface area contributed by atoms with Crippen molar-refractivity contribution >= 4 is 6.03 Å². The molecular weight excluding hydrogens is 342 g/mol. The van der Waals surface area contributed by atoms with Crippen molar-refractivity contribution in [3.63, 3.8) is 0 Å². The molecule has 1 aromatic rings. The summed E-state index contributed by atoms with van der Waals surface area (Å²) in [7, 11) is 1.79. The number of nitrogens with zero attached hydrogens (tertiary/aromatic N) is 4. The number of aromatic nitrogens is 2. The molecule has 3 heterocycles. The molecular formula is C20H33N5O2. The van der Waals surface area contributed by atoms with Gasteiger partial charge in [0.25, 0.3) is 0 Å². The summed E-state index contributed by atoms with van der Waals surface area (Å²) in [6, 6.07) is 0.688. The van der Waals surface area contributed by atoms with Crippen LogP contribution in [0.3, 0.4) is 0 Å². The normalized spacial score (nSPS) is 26.3. The lowest BCUT2D eigenvalue weighted by molar-refractivity contribution is 0.0560. The molecule has 27 heavy (non-hydrogen) atoms. The van der Waals surface area contributed by atoms with Crippen molar-refractivity contribution in [1.82, 2.24) is 25.3 Å². The van der Waals surface area contributed by atoms with Gasteiger partial charge in [0.05, 0.1) is 6.54 Å². The van der Waals surface area contributed by atoms with Crippen LogP contribution in [0.2, 0.25) is 0 Å². The second kappa shape index (κ2) is 8.59. The summed E-state index contributed by atoms with van der Waals surface area (Å²) in [4.78, 5) is 21.2. The lowest BCUT2D eigenvalue weighted by atomic mass is 9.82. The Balaban J connectivity index is 1.20. The highest BCUT2D eigenvalue weighted by Crippen LogP contribution is 2.35. The van der Waals surface area contributed by atoms with Gasteiger partial charge in [-0.15, -0.1) is 0 Å². The summed E-state index contributed by atoms with van der Waals surface area (Å²) in [5, 5.41) is 7.11. The highest BCUT2D eigenvalue weighted by atomic mass is 16.5. The number of rotatable bonds is 6. The van der Waals surface area contributed by atoms with Crippen molar-refractivity contribution in [2.24, 2.45) is 5.92 Å². The molecule has 7 heteroatoms. The minimum absolute atomic E-state index is 0.0543. The highest BCUT2D eigenvalue weighted by Gasteiger charge is 2.32. The van der Waals surface area contributed by atoms with Crippen LogP contribution in [0, 0.1) is 5.92 Å². The molecule has 0 unspecified atom stereocenters. The molecule has 2 saturated heterocycles. The van der Waals surface area contributed by atoms with Crippen LogP contribution in [-0.4, -0.2) is 58.7 Å². The number of nitrogens with one attached hydrogen (secondary N) is 1. The summed E-state index contributed by atoms with van der Waals surface area (Å²) in [5.41, 5.74) is 0. The van der Waals surface area contributed by atoms with Crippen molar-refractivity contribution < 1.29 is 9.32 Å². The number of urea groups is 1. The van der Waals surface area contributed by atoms with Gasteiger partial charge in [-0.05, 0) is 64.0 Å². The first-order valence-electron chi connectivity index (χ1n) is 10.8. The molecule has 3 fully saturated rings. The van der Waals surface area contributed by atoms with Crippen molar-refractivity contribution in [3.05, 3.63) is 11.7 Å². The number of carbonyl (C=O) groups excluding carboxylic acids is 1. The largest absolute Gasteiger partial charge is 0.339 e. The third kappa shape index (κ3) is 4.45. The summed E-state index contributed by atoms with van der Waals surface area (Å²) < 4.78 is 5.34. The molecule has 1 N–H and O–H groups in total. The molecule has 0 spiro atoms. The molecule has 1 aliphatic carbocycles. The second-order valence-corrected chi connectivity index (χ2v) is 8.55. The van der Waals surface area contributed by atoms with E-state index in [0.29, 0.717) is 18.3 Å². The van der Waals surface area contributed by atoms with E-state index in [1.54, 1.807) is 11.9 Å². The van der Waals surface area contributed by atoms with Crippen molar-refractivity contribution in [3.8, 4) is 0 Å². The minimum Gasteiger partial charge on any atom is -0.339 e. The smallest absolute Gasteiger partial charge is 0.317 e. The maximum Gasteiger partial charge on any atom is 0.317 e. The summed E-state index contributed by atoms with van der Waals surface area (Å²) >= 11 is 0. The lowest BCUT2D eigenvalue weighted by Gasteiger charge is -2.44. The number of piperidine rings is 2. The van der Waals surface area contributed by atoms with E-state index in [1.165, 1.54) is 51.6 Å². The number of hydrogen-bond acceptors (Lipinski definition) is 5. The van der Waals surface area contributed by atoms with Gasteiger partial charge in [0, 0.05) is 25.6 Å². The molecule has 2 aliphatic heterocycles. The number of fused-ring (bicyclic) bond motifs is 1. The Morgan fingerprint density at radius 2 is 2.04 bits per heavy atom. The maximum atomic E-state index is 12.4. The molecule has 150 valence electrons. The third-order valence-corrected chi connectivity index (χ3v) is 6.68. The van der Waals surface area contributed by atoms with E-state index in [1.807, 2.05) is 0 Å². The van der Waals surface area contributed by atoms with Gasteiger partial charge in [-0.3, -0.25) is 0 Å². The molecule has 4 rings (SSSR count). The van der Waals surface area contributed by atoms with E-state index < -0.39 is 0 Å². The standard InChI is InChI=1S/C20H33N5O2/c1-24(14-18-22-19(27-23-18)16-6-4-7-16)20(26)21-11-10-15-8-5-13-25-12-3-2-9-17(15)25/h15-17H,2-14H2,1H3,(H,21,26)/t15-,17+/m0/s1. The molecule has 7 nitrogen and oxygen atoms in total. The van der Waals surface area contributed by atoms with Crippen LogP contribution in [0.25, 0.3) is 0 Å². The van der Waals surface area contributed by atoms with Gasteiger partial charge < -0.3 is 19.6 Å². The Labute approximate surface area is 161 Å². The molecule has 2 atom stereocenters. The average molecular weight is 376 g/mol. The van der Waals surface area contributed by atoms with Crippen LogP contribution in [0.15, 0.2) is 4.52 Å². The molecule has 0 radical (unpaired) electrons.